The van der Waals surface area contributed by atoms with Gasteiger partial charge in [0.2, 0.25) is 11.1 Å². The summed E-state index contributed by atoms with van der Waals surface area (Å²) < 4.78 is 1.52. The van der Waals surface area contributed by atoms with Gasteiger partial charge >= 0.3 is 0 Å². The topological polar surface area (TPSA) is 92.9 Å². The molecular weight excluding hydrogens is 326 g/mol. The Kier molecular flexibility index (Phi) is 4.76. The van der Waals surface area contributed by atoms with Crippen molar-refractivity contribution < 1.29 is 9.90 Å². The summed E-state index contributed by atoms with van der Waals surface area (Å²) in [5.74, 6) is 0.0306. The Morgan fingerprint density at radius 1 is 1.17 bits per heavy atom. The van der Waals surface area contributed by atoms with Crippen molar-refractivity contribution in [2.45, 2.75) is 17.3 Å². The fraction of sp³-hybridized carbons (Fsp3) is 0.125. The molecule has 2 aromatic carbocycles. The van der Waals surface area contributed by atoms with Gasteiger partial charge in [0.05, 0.1) is 10.9 Å². The summed E-state index contributed by atoms with van der Waals surface area (Å²) >= 11 is 1.26. The third-order valence-electron chi connectivity index (χ3n) is 3.23. The van der Waals surface area contributed by atoms with Gasteiger partial charge in [-0.2, -0.15) is 4.68 Å². The molecule has 1 unspecified atom stereocenters. The zero-order chi connectivity index (χ0) is 16.9. The van der Waals surface area contributed by atoms with E-state index in [0.717, 1.165) is 5.69 Å². The van der Waals surface area contributed by atoms with E-state index in [2.05, 4.69) is 20.8 Å². The molecule has 1 amide bonds. The SMILES string of the molecule is CC(Sc1nnnn1-c1ccc(O)cc1)C(=O)Nc1ccccc1. The van der Waals surface area contributed by atoms with Crippen LogP contribution < -0.4 is 5.32 Å². The molecule has 1 aromatic heterocycles. The number of nitrogens with one attached hydrogen (secondary N) is 1. The summed E-state index contributed by atoms with van der Waals surface area (Å²) in [6, 6.07) is 15.8. The maximum atomic E-state index is 12.3. The van der Waals surface area contributed by atoms with Gasteiger partial charge in [0.15, 0.2) is 0 Å². The summed E-state index contributed by atoms with van der Waals surface area (Å²) in [5.41, 5.74) is 1.45. The highest BCUT2D eigenvalue weighted by molar-refractivity contribution is 8.00. The number of hydrogen-bond donors (Lipinski definition) is 2. The summed E-state index contributed by atoms with van der Waals surface area (Å²) in [5, 5.41) is 23.9. The lowest BCUT2D eigenvalue weighted by Gasteiger charge is -2.11. The molecule has 0 aliphatic rings. The Morgan fingerprint density at radius 2 is 1.88 bits per heavy atom. The molecule has 1 heterocycles. The molecule has 0 fully saturated rings. The molecular formula is C16H15N5O2S. The van der Waals surface area contributed by atoms with Gasteiger partial charge in [-0.1, -0.05) is 30.0 Å². The second-order valence-electron chi connectivity index (χ2n) is 5.01. The third-order valence-corrected chi connectivity index (χ3v) is 4.26. The van der Waals surface area contributed by atoms with Gasteiger partial charge in [0.1, 0.15) is 5.75 Å². The molecule has 3 aromatic rings. The number of benzene rings is 2. The van der Waals surface area contributed by atoms with Crippen LogP contribution in [0.4, 0.5) is 5.69 Å². The van der Waals surface area contributed by atoms with Crippen molar-refractivity contribution in [2.24, 2.45) is 0 Å². The number of anilines is 1. The largest absolute Gasteiger partial charge is 0.508 e. The smallest absolute Gasteiger partial charge is 0.237 e. The average Bonchev–Trinajstić information content (AvgIpc) is 3.04. The van der Waals surface area contributed by atoms with Crippen LogP contribution in [0, 0.1) is 0 Å². The van der Waals surface area contributed by atoms with Crippen molar-refractivity contribution in [1.82, 2.24) is 20.2 Å². The van der Waals surface area contributed by atoms with E-state index >= 15 is 0 Å². The Morgan fingerprint density at radius 3 is 2.58 bits per heavy atom. The highest BCUT2D eigenvalue weighted by atomic mass is 32.2. The second-order valence-corrected chi connectivity index (χ2v) is 6.31. The number of amides is 1. The maximum absolute atomic E-state index is 12.3. The summed E-state index contributed by atoms with van der Waals surface area (Å²) in [7, 11) is 0. The monoisotopic (exact) mass is 341 g/mol. The number of tetrazole rings is 1. The van der Waals surface area contributed by atoms with Crippen molar-refractivity contribution in [3.63, 3.8) is 0 Å². The van der Waals surface area contributed by atoms with Crippen molar-refractivity contribution in [3.05, 3.63) is 54.6 Å². The van der Waals surface area contributed by atoms with Crippen LogP contribution in [0.3, 0.4) is 0 Å². The van der Waals surface area contributed by atoms with E-state index in [9.17, 15) is 9.90 Å². The summed E-state index contributed by atoms with van der Waals surface area (Å²) in [6.07, 6.45) is 0. The number of nitrogens with zero attached hydrogens (tertiary/aromatic N) is 4. The maximum Gasteiger partial charge on any atom is 0.237 e. The second kappa shape index (κ2) is 7.14. The van der Waals surface area contributed by atoms with E-state index in [4.69, 9.17) is 0 Å². The molecule has 7 nitrogen and oxygen atoms in total. The van der Waals surface area contributed by atoms with Gasteiger partial charge in [0.25, 0.3) is 0 Å². The van der Waals surface area contributed by atoms with Crippen LogP contribution in [0.5, 0.6) is 5.75 Å². The zero-order valence-electron chi connectivity index (χ0n) is 12.8. The quantitative estimate of drug-likeness (QED) is 0.693. The third kappa shape index (κ3) is 3.72. The number of carbonyl (C=O) groups is 1. The van der Waals surface area contributed by atoms with Gasteiger partial charge < -0.3 is 10.4 Å². The van der Waals surface area contributed by atoms with Crippen molar-refractivity contribution in [1.29, 1.82) is 0 Å². The first-order chi connectivity index (χ1) is 11.6. The van der Waals surface area contributed by atoms with E-state index in [1.165, 1.54) is 16.4 Å². The zero-order valence-corrected chi connectivity index (χ0v) is 13.6. The van der Waals surface area contributed by atoms with E-state index < -0.39 is 0 Å². The molecule has 2 N–H and O–H groups in total. The fourth-order valence-corrected chi connectivity index (χ4v) is 2.79. The van der Waals surface area contributed by atoms with Crippen LogP contribution in [0.2, 0.25) is 0 Å². The molecule has 24 heavy (non-hydrogen) atoms. The number of carbonyl (C=O) groups excluding carboxylic acids is 1. The molecule has 8 heteroatoms. The number of rotatable bonds is 5. The van der Waals surface area contributed by atoms with Gasteiger partial charge in [-0.25, -0.2) is 0 Å². The van der Waals surface area contributed by atoms with Crippen LogP contribution in [-0.4, -0.2) is 36.5 Å². The minimum atomic E-state index is -0.382. The van der Waals surface area contributed by atoms with Crippen LogP contribution in [0.1, 0.15) is 6.92 Å². The Hall–Kier alpha value is -2.87. The van der Waals surface area contributed by atoms with Gasteiger partial charge in [-0.3, -0.25) is 4.79 Å². The first-order valence-electron chi connectivity index (χ1n) is 7.24. The van der Waals surface area contributed by atoms with Gasteiger partial charge in [-0.05, 0) is 53.7 Å². The van der Waals surface area contributed by atoms with Crippen molar-refractivity contribution >= 4 is 23.4 Å². The number of thioether (sulfide) groups is 1. The number of aromatic hydroxyl groups is 1. The lowest BCUT2D eigenvalue weighted by atomic mass is 10.3. The van der Waals surface area contributed by atoms with Gasteiger partial charge in [-0.15, -0.1) is 5.10 Å². The lowest BCUT2D eigenvalue weighted by Crippen LogP contribution is -2.22. The van der Waals surface area contributed by atoms with E-state index in [0.29, 0.717) is 10.8 Å². The van der Waals surface area contributed by atoms with Crippen molar-refractivity contribution in [2.75, 3.05) is 5.32 Å². The number of aromatic nitrogens is 4. The predicted molar refractivity (Wildman–Crippen MR) is 91.2 cm³/mol. The molecule has 0 bridgehead atoms. The van der Waals surface area contributed by atoms with Crippen LogP contribution in [0.15, 0.2) is 59.8 Å². The van der Waals surface area contributed by atoms with E-state index in [-0.39, 0.29) is 16.9 Å². The fourth-order valence-electron chi connectivity index (χ4n) is 1.99. The predicted octanol–water partition coefficient (Wildman–Crippen LogP) is 2.49. The van der Waals surface area contributed by atoms with E-state index in [1.54, 1.807) is 31.2 Å². The molecule has 122 valence electrons. The molecule has 0 aliphatic heterocycles. The molecule has 0 aliphatic carbocycles. The average molecular weight is 341 g/mol. The number of phenolic OH excluding ortho intramolecular Hbond substituents is 1. The molecule has 0 spiro atoms. The summed E-state index contributed by atoms with van der Waals surface area (Å²) in [6.45, 7) is 1.79. The molecule has 0 radical (unpaired) electrons. The number of phenols is 1. The Labute approximate surface area is 142 Å². The number of para-hydroxylation sites is 1. The Balaban J connectivity index is 1.71. The Bertz CT molecular complexity index is 820. The van der Waals surface area contributed by atoms with Crippen LogP contribution in [0.25, 0.3) is 5.69 Å². The first kappa shape index (κ1) is 16.0. The van der Waals surface area contributed by atoms with Gasteiger partial charge in [0, 0.05) is 5.69 Å². The van der Waals surface area contributed by atoms with Crippen LogP contribution >= 0.6 is 11.8 Å². The normalized spacial score (nSPS) is 11.9. The highest BCUT2D eigenvalue weighted by Crippen LogP contribution is 2.24. The number of hydrogen-bond acceptors (Lipinski definition) is 6. The molecule has 0 saturated heterocycles. The minimum Gasteiger partial charge on any atom is -0.508 e. The first-order valence-corrected chi connectivity index (χ1v) is 8.12. The minimum absolute atomic E-state index is 0.133. The highest BCUT2D eigenvalue weighted by Gasteiger charge is 2.19. The standard InChI is InChI=1S/C16H15N5O2S/c1-11(15(23)17-12-5-3-2-4-6-12)24-16-18-19-20-21(16)13-7-9-14(22)10-8-13/h2-11,22H,1H3,(H,17,23). The van der Waals surface area contributed by atoms with E-state index in [1.807, 2.05) is 30.3 Å². The molecule has 0 saturated carbocycles. The molecule has 3 rings (SSSR count). The lowest BCUT2D eigenvalue weighted by molar-refractivity contribution is -0.115. The molecule has 1 atom stereocenters. The van der Waals surface area contributed by atoms with Crippen LogP contribution in [-0.2, 0) is 4.79 Å². The van der Waals surface area contributed by atoms with Crippen molar-refractivity contribution in [3.8, 4) is 11.4 Å². The summed E-state index contributed by atoms with van der Waals surface area (Å²) in [4.78, 5) is 12.3.